The van der Waals surface area contributed by atoms with Gasteiger partial charge in [-0.2, -0.15) is 8.78 Å². The second-order valence-corrected chi connectivity index (χ2v) is 0.445. The maximum absolute atomic E-state index is 10.5. The molecule has 27 valence electrons. The van der Waals surface area contributed by atoms with E-state index in [0.717, 1.165) is 5.92 Å². The third-order valence-corrected chi connectivity index (χ3v) is 0.109. The molecular formula is C3HF2. The summed E-state index contributed by atoms with van der Waals surface area (Å²) in [7, 11) is 0. The Morgan fingerprint density at radius 3 is 1.80 bits per heavy atom. The van der Waals surface area contributed by atoms with Crippen molar-refractivity contribution in [1.82, 2.24) is 0 Å². The summed E-state index contributed by atoms with van der Waals surface area (Å²) in [4.78, 5) is 0. The van der Waals surface area contributed by atoms with Gasteiger partial charge < -0.3 is 0 Å². The first-order valence-electron chi connectivity index (χ1n) is 0.975. The van der Waals surface area contributed by atoms with Crippen LogP contribution in [-0.2, 0) is 0 Å². The number of rotatable bonds is 0. The lowest BCUT2D eigenvalue weighted by Gasteiger charge is -1.70. The molecule has 0 bridgehead atoms. The van der Waals surface area contributed by atoms with Crippen molar-refractivity contribution < 1.29 is 8.78 Å². The molecule has 0 spiro atoms. The van der Waals surface area contributed by atoms with Crippen molar-refractivity contribution in [2.45, 2.75) is 6.43 Å². The van der Waals surface area contributed by atoms with Gasteiger partial charge in [0.1, 0.15) is 0 Å². The molecule has 0 saturated carbocycles. The van der Waals surface area contributed by atoms with Crippen molar-refractivity contribution in [2.75, 3.05) is 0 Å². The molecule has 0 saturated heterocycles. The Bertz CT molecular complexity index is 50.4. The zero-order chi connectivity index (χ0) is 4.28. The van der Waals surface area contributed by atoms with Crippen molar-refractivity contribution in [3.05, 3.63) is 6.42 Å². The van der Waals surface area contributed by atoms with Gasteiger partial charge in [-0.1, -0.05) is 0 Å². The van der Waals surface area contributed by atoms with Crippen LogP contribution in [0.5, 0.6) is 0 Å². The van der Waals surface area contributed by atoms with E-state index in [-0.39, 0.29) is 0 Å². The van der Waals surface area contributed by atoms with Crippen LogP contribution < -0.4 is 0 Å². The molecule has 5 heavy (non-hydrogen) atoms. The predicted molar refractivity (Wildman–Crippen MR) is 13.1 cm³/mol. The van der Waals surface area contributed by atoms with Crippen LogP contribution in [-0.4, -0.2) is 6.43 Å². The molecule has 0 fully saturated rings. The van der Waals surface area contributed by atoms with E-state index >= 15 is 0 Å². The van der Waals surface area contributed by atoms with Crippen LogP contribution in [0.25, 0.3) is 0 Å². The standard InChI is InChI=1S/C3HF2/c1-2-3(4)5/h3H. The second kappa shape index (κ2) is 1.71. The Hall–Kier alpha value is -0.580. The number of hydrogen-bond donors (Lipinski definition) is 0. The minimum atomic E-state index is -2.70. The van der Waals surface area contributed by atoms with Gasteiger partial charge in [0, 0.05) is 0 Å². The maximum atomic E-state index is 10.5. The summed E-state index contributed by atoms with van der Waals surface area (Å²) in [6, 6.07) is 0. The van der Waals surface area contributed by atoms with Gasteiger partial charge in [-0.25, -0.2) is 0 Å². The van der Waals surface area contributed by atoms with Crippen LogP contribution in [0.4, 0.5) is 8.78 Å². The van der Waals surface area contributed by atoms with Gasteiger partial charge in [-0.15, -0.1) is 0 Å². The molecule has 1 radical (unpaired) electrons. The molecule has 0 aromatic rings. The summed E-state index contributed by atoms with van der Waals surface area (Å²) in [5.41, 5.74) is 0. The Morgan fingerprint density at radius 2 is 1.80 bits per heavy atom. The van der Waals surface area contributed by atoms with E-state index in [1.54, 1.807) is 0 Å². The van der Waals surface area contributed by atoms with Crippen molar-refractivity contribution in [2.24, 2.45) is 0 Å². The van der Waals surface area contributed by atoms with E-state index in [1.807, 2.05) is 0 Å². The summed E-state index contributed by atoms with van der Waals surface area (Å²) in [6.07, 6.45) is 2.96. The first-order chi connectivity index (χ1) is 2.27. The Balaban J connectivity index is 2.94. The summed E-state index contributed by atoms with van der Waals surface area (Å²) in [5.74, 6) is 0.944. The highest BCUT2D eigenvalue weighted by Gasteiger charge is 1.86. The summed E-state index contributed by atoms with van der Waals surface area (Å²) in [5, 5.41) is 0. The fourth-order valence-electron chi connectivity index (χ4n) is 0. The molecule has 0 atom stereocenters. The quantitative estimate of drug-likeness (QED) is 0.374. The Morgan fingerprint density at radius 1 is 1.60 bits per heavy atom. The molecule has 0 heterocycles. The molecule has 0 aromatic carbocycles. The molecule has 0 aromatic heterocycles. The van der Waals surface area contributed by atoms with Crippen molar-refractivity contribution in [3.8, 4) is 5.92 Å². The molecule has 0 nitrogen and oxygen atoms in total. The van der Waals surface area contributed by atoms with E-state index in [9.17, 15) is 8.78 Å². The maximum Gasteiger partial charge on any atom is 0.299 e. The van der Waals surface area contributed by atoms with Gasteiger partial charge >= 0.3 is 0 Å². The van der Waals surface area contributed by atoms with Gasteiger partial charge in [-0.3, -0.25) is 0 Å². The van der Waals surface area contributed by atoms with Gasteiger partial charge in [0.25, 0.3) is 6.43 Å². The molecular weight excluding hydrogens is 74.0 g/mol. The summed E-state index contributed by atoms with van der Waals surface area (Å²) >= 11 is 0. The van der Waals surface area contributed by atoms with E-state index in [4.69, 9.17) is 6.42 Å². The molecule has 0 rings (SSSR count). The van der Waals surface area contributed by atoms with Crippen LogP contribution in [0.1, 0.15) is 0 Å². The van der Waals surface area contributed by atoms with Gasteiger partial charge in [0.05, 0.1) is 0 Å². The fraction of sp³-hybridized carbons (Fsp3) is 0.333. The van der Waals surface area contributed by atoms with E-state index < -0.39 is 6.43 Å². The van der Waals surface area contributed by atoms with E-state index in [0.29, 0.717) is 0 Å². The van der Waals surface area contributed by atoms with E-state index in [1.165, 1.54) is 0 Å². The first-order valence-corrected chi connectivity index (χ1v) is 0.975. The van der Waals surface area contributed by atoms with E-state index in [2.05, 4.69) is 0 Å². The van der Waals surface area contributed by atoms with Crippen molar-refractivity contribution in [3.63, 3.8) is 0 Å². The second-order valence-electron chi connectivity index (χ2n) is 0.445. The number of alkyl halides is 2. The van der Waals surface area contributed by atoms with Crippen LogP contribution in [0.15, 0.2) is 0 Å². The molecule has 2 heteroatoms. The number of halogens is 2. The molecule has 0 aliphatic heterocycles. The Kier molecular flexibility index (Phi) is 1.51. The zero-order valence-electron chi connectivity index (χ0n) is 2.33. The van der Waals surface area contributed by atoms with Crippen LogP contribution in [0, 0.1) is 12.3 Å². The molecule has 0 N–H and O–H groups in total. The third kappa shape index (κ3) is 3.42. The first kappa shape index (κ1) is 4.42. The minimum absolute atomic E-state index is 0.944. The van der Waals surface area contributed by atoms with Gasteiger partial charge in [0.2, 0.25) is 0 Å². The van der Waals surface area contributed by atoms with Crippen molar-refractivity contribution in [1.29, 1.82) is 0 Å². The van der Waals surface area contributed by atoms with Gasteiger partial charge in [0.15, 0.2) is 0 Å². The lowest BCUT2D eigenvalue weighted by molar-refractivity contribution is 0.215. The Labute approximate surface area is 28.8 Å². The third-order valence-electron chi connectivity index (χ3n) is 0.109. The zero-order valence-corrected chi connectivity index (χ0v) is 2.33. The van der Waals surface area contributed by atoms with Gasteiger partial charge in [-0.05, 0) is 12.3 Å². The average Bonchev–Trinajstić information content (AvgIpc) is 1.38. The highest BCUT2D eigenvalue weighted by Crippen LogP contribution is 1.83. The molecule has 0 aliphatic carbocycles. The molecule has 0 amide bonds. The lowest BCUT2D eigenvalue weighted by Crippen LogP contribution is -1.76. The SMILES string of the molecule is [C]#CC(F)F. The normalized spacial score (nSPS) is 7.60. The fourth-order valence-corrected chi connectivity index (χ4v) is 0. The van der Waals surface area contributed by atoms with Crippen molar-refractivity contribution >= 4 is 0 Å². The lowest BCUT2D eigenvalue weighted by atomic mass is 10.8. The topological polar surface area (TPSA) is 0 Å². The van der Waals surface area contributed by atoms with Crippen LogP contribution in [0.3, 0.4) is 0 Å². The molecule has 0 aliphatic rings. The monoisotopic (exact) mass is 75.0 g/mol. The van der Waals surface area contributed by atoms with Crippen LogP contribution in [0.2, 0.25) is 0 Å². The minimum Gasteiger partial charge on any atom is -0.196 e. The number of hydrogen-bond acceptors (Lipinski definition) is 0. The summed E-state index contributed by atoms with van der Waals surface area (Å²) < 4.78 is 20.9. The highest BCUT2D eigenvalue weighted by molar-refractivity contribution is 4.77. The molecule has 0 unspecified atom stereocenters. The largest absolute Gasteiger partial charge is 0.299 e. The smallest absolute Gasteiger partial charge is 0.196 e. The van der Waals surface area contributed by atoms with Crippen LogP contribution >= 0.6 is 0 Å². The predicted octanol–water partition coefficient (Wildman–Crippen LogP) is 0.841. The average molecular weight is 75.0 g/mol. The highest BCUT2D eigenvalue weighted by atomic mass is 19.3. The summed E-state index contributed by atoms with van der Waals surface area (Å²) in [6.45, 7) is 0.